The molecule has 4 rings (SSSR count). The standard InChI is InChI=1S/C19H27N3O2.ClH/c23-19(13-7-8-13)22-15-4-1-3-14(11-15)21-17-6-2-5-16(17)18-12-24-10-9-20-18;/h1,3-4,11,13,16-18,20-21H,2,5-10,12H2,(H,22,23);1H. The zero-order chi connectivity index (χ0) is 16.4. The van der Waals surface area contributed by atoms with E-state index in [1.54, 1.807) is 0 Å². The third-order valence-corrected chi connectivity index (χ3v) is 5.47. The molecule has 6 heteroatoms. The minimum absolute atomic E-state index is 0. The fraction of sp³-hybridized carbons (Fsp3) is 0.632. The van der Waals surface area contributed by atoms with Crippen LogP contribution in [-0.2, 0) is 9.53 Å². The summed E-state index contributed by atoms with van der Waals surface area (Å²) in [6, 6.07) is 9.05. The van der Waals surface area contributed by atoms with E-state index >= 15 is 0 Å². The first-order valence-electron chi connectivity index (χ1n) is 9.28. The number of anilines is 2. The molecular weight excluding hydrogens is 338 g/mol. The number of hydrogen-bond acceptors (Lipinski definition) is 4. The molecule has 1 saturated heterocycles. The zero-order valence-electron chi connectivity index (χ0n) is 14.5. The molecule has 5 nitrogen and oxygen atoms in total. The van der Waals surface area contributed by atoms with E-state index in [1.807, 2.05) is 12.1 Å². The molecule has 0 aromatic heterocycles. The molecule has 2 saturated carbocycles. The molecule has 3 N–H and O–H groups in total. The summed E-state index contributed by atoms with van der Waals surface area (Å²) in [5, 5.41) is 10.3. The van der Waals surface area contributed by atoms with Gasteiger partial charge in [0.05, 0.1) is 13.2 Å². The SMILES string of the molecule is Cl.O=C(Nc1cccc(NC2CCCC2C2COCCN2)c1)C1CC1. The van der Waals surface area contributed by atoms with Crippen molar-refractivity contribution >= 4 is 29.7 Å². The van der Waals surface area contributed by atoms with Crippen molar-refractivity contribution in [1.29, 1.82) is 0 Å². The summed E-state index contributed by atoms with van der Waals surface area (Å²) >= 11 is 0. The molecule has 1 aliphatic heterocycles. The summed E-state index contributed by atoms with van der Waals surface area (Å²) in [5.74, 6) is 1.00. The molecule has 138 valence electrons. The van der Waals surface area contributed by atoms with E-state index < -0.39 is 0 Å². The highest BCUT2D eigenvalue weighted by Crippen LogP contribution is 2.33. The maximum Gasteiger partial charge on any atom is 0.227 e. The number of nitrogens with one attached hydrogen (secondary N) is 3. The van der Waals surface area contributed by atoms with Crippen molar-refractivity contribution in [3.63, 3.8) is 0 Å². The summed E-state index contributed by atoms with van der Waals surface area (Å²) in [7, 11) is 0. The second-order valence-electron chi connectivity index (χ2n) is 7.33. The predicted octanol–water partition coefficient (Wildman–Crippen LogP) is 3.03. The normalized spacial score (nSPS) is 28.9. The zero-order valence-corrected chi connectivity index (χ0v) is 15.3. The van der Waals surface area contributed by atoms with Crippen molar-refractivity contribution in [2.75, 3.05) is 30.4 Å². The lowest BCUT2D eigenvalue weighted by molar-refractivity contribution is -0.117. The van der Waals surface area contributed by atoms with Gasteiger partial charge in [-0.1, -0.05) is 12.5 Å². The van der Waals surface area contributed by atoms with Gasteiger partial charge in [0.2, 0.25) is 5.91 Å². The highest BCUT2D eigenvalue weighted by atomic mass is 35.5. The molecule has 0 spiro atoms. The molecule has 25 heavy (non-hydrogen) atoms. The van der Waals surface area contributed by atoms with Crippen molar-refractivity contribution < 1.29 is 9.53 Å². The number of morpholine rings is 1. The summed E-state index contributed by atoms with van der Waals surface area (Å²) < 4.78 is 5.65. The fourth-order valence-corrected chi connectivity index (χ4v) is 4.00. The Balaban J connectivity index is 0.00000182. The van der Waals surface area contributed by atoms with Gasteiger partial charge in [-0.15, -0.1) is 12.4 Å². The summed E-state index contributed by atoms with van der Waals surface area (Å²) in [6.45, 7) is 2.60. The van der Waals surface area contributed by atoms with E-state index in [0.717, 1.165) is 44.0 Å². The van der Waals surface area contributed by atoms with Crippen LogP contribution in [0.5, 0.6) is 0 Å². The summed E-state index contributed by atoms with van der Waals surface area (Å²) in [4.78, 5) is 11.9. The number of carbonyl (C=O) groups excluding carboxylic acids is 1. The first-order valence-corrected chi connectivity index (χ1v) is 9.28. The molecule has 1 aromatic carbocycles. The smallest absolute Gasteiger partial charge is 0.227 e. The van der Waals surface area contributed by atoms with E-state index in [-0.39, 0.29) is 24.2 Å². The van der Waals surface area contributed by atoms with Crippen molar-refractivity contribution in [1.82, 2.24) is 5.32 Å². The van der Waals surface area contributed by atoms with Gasteiger partial charge in [-0.25, -0.2) is 0 Å². The van der Waals surface area contributed by atoms with Gasteiger partial charge < -0.3 is 20.7 Å². The van der Waals surface area contributed by atoms with Crippen LogP contribution in [0.15, 0.2) is 24.3 Å². The maximum absolute atomic E-state index is 11.9. The predicted molar refractivity (Wildman–Crippen MR) is 102 cm³/mol. The number of benzene rings is 1. The van der Waals surface area contributed by atoms with Crippen LogP contribution in [0.3, 0.4) is 0 Å². The van der Waals surface area contributed by atoms with E-state index in [4.69, 9.17) is 4.74 Å². The lowest BCUT2D eigenvalue weighted by Crippen LogP contribution is -2.49. The van der Waals surface area contributed by atoms with E-state index in [0.29, 0.717) is 18.0 Å². The molecule has 1 amide bonds. The van der Waals surface area contributed by atoms with Crippen LogP contribution in [-0.4, -0.2) is 37.7 Å². The molecule has 1 heterocycles. The van der Waals surface area contributed by atoms with Crippen molar-refractivity contribution in [2.45, 2.75) is 44.2 Å². The minimum atomic E-state index is 0. The molecule has 3 atom stereocenters. The van der Waals surface area contributed by atoms with Gasteiger partial charge in [-0.2, -0.15) is 0 Å². The van der Waals surface area contributed by atoms with Gasteiger partial charge in [0.25, 0.3) is 0 Å². The Morgan fingerprint density at radius 2 is 2.00 bits per heavy atom. The third kappa shape index (κ3) is 4.66. The van der Waals surface area contributed by atoms with Crippen LogP contribution in [0.1, 0.15) is 32.1 Å². The number of halogens is 1. The quantitative estimate of drug-likeness (QED) is 0.750. The Morgan fingerprint density at radius 3 is 2.76 bits per heavy atom. The average Bonchev–Trinajstić information content (AvgIpc) is 3.36. The molecular formula is C19H28ClN3O2. The molecule has 0 bridgehead atoms. The second-order valence-corrected chi connectivity index (χ2v) is 7.33. The van der Waals surface area contributed by atoms with Crippen LogP contribution < -0.4 is 16.0 Å². The Hall–Kier alpha value is -1.30. The number of hydrogen-bond donors (Lipinski definition) is 3. The number of ether oxygens (including phenoxy) is 1. The maximum atomic E-state index is 11.9. The number of rotatable bonds is 5. The Labute approximate surface area is 155 Å². The fourth-order valence-electron chi connectivity index (χ4n) is 4.00. The first-order chi connectivity index (χ1) is 11.8. The lowest BCUT2D eigenvalue weighted by Gasteiger charge is -2.33. The van der Waals surface area contributed by atoms with Crippen molar-refractivity contribution in [2.24, 2.45) is 11.8 Å². The number of carbonyl (C=O) groups is 1. The minimum Gasteiger partial charge on any atom is -0.382 e. The monoisotopic (exact) mass is 365 g/mol. The summed E-state index contributed by atoms with van der Waals surface area (Å²) in [5.41, 5.74) is 1.99. The molecule has 3 aliphatic rings. The largest absolute Gasteiger partial charge is 0.382 e. The Kier molecular flexibility index (Phi) is 6.20. The second kappa shape index (κ2) is 8.39. The van der Waals surface area contributed by atoms with E-state index in [2.05, 4.69) is 28.1 Å². The average molecular weight is 366 g/mol. The van der Waals surface area contributed by atoms with Gasteiger partial charge in [0.15, 0.2) is 0 Å². The molecule has 3 unspecified atom stereocenters. The third-order valence-electron chi connectivity index (χ3n) is 5.47. The molecule has 2 aliphatic carbocycles. The van der Waals surface area contributed by atoms with Gasteiger partial charge in [-0.3, -0.25) is 4.79 Å². The lowest BCUT2D eigenvalue weighted by atomic mass is 9.94. The topological polar surface area (TPSA) is 62.4 Å². The molecule has 0 radical (unpaired) electrons. The van der Waals surface area contributed by atoms with Crippen LogP contribution >= 0.6 is 12.4 Å². The van der Waals surface area contributed by atoms with Crippen LogP contribution in [0.25, 0.3) is 0 Å². The van der Waals surface area contributed by atoms with Crippen LogP contribution in [0, 0.1) is 11.8 Å². The van der Waals surface area contributed by atoms with Gasteiger partial charge in [0.1, 0.15) is 0 Å². The van der Waals surface area contributed by atoms with E-state index in [1.165, 1.54) is 19.3 Å². The van der Waals surface area contributed by atoms with Gasteiger partial charge in [0, 0.05) is 35.9 Å². The van der Waals surface area contributed by atoms with Crippen molar-refractivity contribution in [3.05, 3.63) is 24.3 Å². The Morgan fingerprint density at radius 1 is 1.16 bits per heavy atom. The highest BCUT2D eigenvalue weighted by Gasteiger charge is 2.34. The van der Waals surface area contributed by atoms with Gasteiger partial charge >= 0.3 is 0 Å². The first kappa shape index (κ1) is 18.5. The number of amides is 1. The molecule has 1 aromatic rings. The van der Waals surface area contributed by atoms with Gasteiger partial charge in [-0.05, 0) is 49.8 Å². The van der Waals surface area contributed by atoms with Crippen LogP contribution in [0.2, 0.25) is 0 Å². The summed E-state index contributed by atoms with van der Waals surface area (Å²) in [6.07, 6.45) is 5.77. The molecule has 3 fully saturated rings. The van der Waals surface area contributed by atoms with Crippen molar-refractivity contribution in [3.8, 4) is 0 Å². The van der Waals surface area contributed by atoms with Crippen LogP contribution in [0.4, 0.5) is 11.4 Å². The Bertz CT molecular complexity index is 588. The van der Waals surface area contributed by atoms with E-state index in [9.17, 15) is 4.79 Å². The highest BCUT2D eigenvalue weighted by molar-refractivity contribution is 5.94.